The van der Waals surface area contributed by atoms with Gasteiger partial charge >= 0.3 is 0 Å². The largest absolute Gasteiger partial charge is 0.323 e. The zero-order chi connectivity index (χ0) is 11.7. The minimum absolute atomic E-state index is 0.618. The first-order chi connectivity index (χ1) is 8.31. The van der Waals surface area contributed by atoms with Crippen molar-refractivity contribution in [3.8, 4) is 0 Å². The molecule has 0 spiro atoms. The van der Waals surface area contributed by atoms with Crippen molar-refractivity contribution in [3.05, 3.63) is 59.9 Å². The Hall–Kier alpha value is -1.70. The van der Waals surface area contributed by atoms with Gasteiger partial charge in [-0.3, -0.25) is 4.68 Å². The number of benzene rings is 1. The van der Waals surface area contributed by atoms with E-state index in [2.05, 4.69) is 53.7 Å². The fourth-order valence-electron chi connectivity index (χ4n) is 2.55. The fraction of sp³-hybridized carbons (Fsp3) is 0.333. The highest BCUT2D eigenvalue weighted by molar-refractivity contribution is 5.28. The number of hydrogen-bond acceptors (Lipinski definition) is 1. The van der Waals surface area contributed by atoms with E-state index in [0.29, 0.717) is 6.04 Å². The summed E-state index contributed by atoms with van der Waals surface area (Å²) < 4.78 is 2.05. The van der Waals surface area contributed by atoms with E-state index in [1.54, 1.807) is 0 Å². The molecular weight excluding hydrogens is 208 g/mol. The van der Waals surface area contributed by atoms with Crippen LogP contribution in [0.25, 0.3) is 0 Å². The minimum Gasteiger partial charge on any atom is -0.323 e. The Morgan fingerprint density at radius 3 is 2.59 bits per heavy atom. The van der Waals surface area contributed by atoms with Crippen molar-refractivity contribution in [2.24, 2.45) is 0 Å². The molecule has 17 heavy (non-hydrogen) atoms. The number of nitrogens with zero attached hydrogens (tertiary/aromatic N) is 1. The summed E-state index contributed by atoms with van der Waals surface area (Å²) in [5.41, 5.74) is 6.35. The molecule has 1 saturated carbocycles. The van der Waals surface area contributed by atoms with Crippen molar-refractivity contribution in [2.45, 2.75) is 31.7 Å². The standard InChI is InChI=1S/C15H18N2/c1-12-5-4-6-13(9-12)14-10-15(11-14)16-17-7-2-3-8-17/h2-9,14-16H,10-11H2,1H3. The molecule has 1 heterocycles. The minimum atomic E-state index is 0.618. The molecule has 1 aliphatic carbocycles. The third-order valence-electron chi connectivity index (χ3n) is 3.59. The van der Waals surface area contributed by atoms with Crippen LogP contribution >= 0.6 is 0 Å². The number of nitrogens with one attached hydrogen (secondary N) is 1. The highest BCUT2D eigenvalue weighted by Gasteiger charge is 2.30. The molecule has 88 valence electrons. The number of aryl methyl sites for hydroxylation is 1. The van der Waals surface area contributed by atoms with Crippen LogP contribution in [0.2, 0.25) is 0 Å². The third kappa shape index (κ3) is 2.21. The van der Waals surface area contributed by atoms with Crippen LogP contribution in [0.5, 0.6) is 0 Å². The monoisotopic (exact) mass is 226 g/mol. The van der Waals surface area contributed by atoms with Gasteiger partial charge in [-0.15, -0.1) is 0 Å². The van der Waals surface area contributed by atoms with E-state index in [0.717, 1.165) is 5.92 Å². The van der Waals surface area contributed by atoms with Gasteiger partial charge in [-0.2, -0.15) is 0 Å². The number of aromatic nitrogens is 1. The van der Waals surface area contributed by atoms with Crippen LogP contribution < -0.4 is 5.43 Å². The lowest BCUT2D eigenvalue weighted by Gasteiger charge is -2.37. The number of rotatable bonds is 3. The molecule has 1 fully saturated rings. The van der Waals surface area contributed by atoms with Crippen molar-refractivity contribution in [1.82, 2.24) is 4.68 Å². The van der Waals surface area contributed by atoms with Crippen LogP contribution in [-0.4, -0.2) is 10.7 Å². The zero-order valence-corrected chi connectivity index (χ0v) is 10.1. The van der Waals surface area contributed by atoms with Crippen molar-refractivity contribution in [2.75, 3.05) is 5.43 Å². The van der Waals surface area contributed by atoms with E-state index in [1.165, 1.54) is 24.0 Å². The SMILES string of the molecule is Cc1cccc(C2CC(Nn3cccc3)C2)c1. The van der Waals surface area contributed by atoms with Gasteiger partial charge in [-0.05, 0) is 43.4 Å². The van der Waals surface area contributed by atoms with Gasteiger partial charge < -0.3 is 5.43 Å². The van der Waals surface area contributed by atoms with Gasteiger partial charge in [-0.1, -0.05) is 29.8 Å². The van der Waals surface area contributed by atoms with Gasteiger partial charge in [0.05, 0.1) is 0 Å². The van der Waals surface area contributed by atoms with Gasteiger partial charge in [0, 0.05) is 18.4 Å². The van der Waals surface area contributed by atoms with Gasteiger partial charge in [-0.25, -0.2) is 0 Å². The molecule has 2 nitrogen and oxygen atoms in total. The molecule has 1 aliphatic rings. The summed E-state index contributed by atoms with van der Waals surface area (Å²) in [6, 6.07) is 13.6. The van der Waals surface area contributed by atoms with Gasteiger partial charge in [0.2, 0.25) is 0 Å². The van der Waals surface area contributed by atoms with E-state index in [1.807, 2.05) is 12.1 Å². The quantitative estimate of drug-likeness (QED) is 0.849. The summed E-state index contributed by atoms with van der Waals surface area (Å²) in [5, 5.41) is 0. The van der Waals surface area contributed by atoms with Gasteiger partial charge in [0.1, 0.15) is 0 Å². The van der Waals surface area contributed by atoms with Gasteiger partial charge in [0.25, 0.3) is 0 Å². The third-order valence-corrected chi connectivity index (χ3v) is 3.59. The molecule has 0 amide bonds. The average Bonchev–Trinajstić information content (AvgIpc) is 2.75. The molecule has 2 aromatic rings. The molecule has 0 aliphatic heterocycles. The molecule has 3 rings (SSSR count). The Balaban J connectivity index is 1.58. The van der Waals surface area contributed by atoms with E-state index < -0.39 is 0 Å². The van der Waals surface area contributed by atoms with Crippen LogP contribution in [0, 0.1) is 6.92 Å². The summed E-state index contributed by atoms with van der Waals surface area (Å²) in [4.78, 5) is 0. The normalized spacial score (nSPS) is 23.1. The lowest BCUT2D eigenvalue weighted by Crippen LogP contribution is -2.38. The molecule has 2 heteroatoms. The first-order valence-electron chi connectivity index (χ1n) is 6.27. The summed E-state index contributed by atoms with van der Waals surface area (Å²) in [6.07, 6.45) is 6.59. The van der Waals surface area contributed by atoms with Crippen LogP contribution in [0.3, 0.4) is 0 Å². The van der Waals surface area contributed by atoms with Crippen LogP contribution in [0.4, 0.5) is 0 Å². The molecule has 0 radical (unpaired) electrons. The molecule has 0 unspecified atom stereocenters. The van der Waals surface area contributed by atoms with E-state index in [9.17, 15) is 0 Å². The van der Waals surface area contributed by atoms with Crippen molar-refractivity contribution >= 4 is 0 Å². The van der Waals surface area contributed by atoms with Crippen LogP contribution in [0.1, 0.15) is 29.9 Å². The predicted molar refractivity (Wildman–Crippen MR) is 70.7 cm³/mol. The topological polar surface area (TPSA) is 17.0 Å². The molecular formula is C15H18N2. The maximum atomic E-state index is 3.49. The summed E-state index contributed by atoms with van der Waals surface area (Å²) in [5.74, 6) is 0.739. The Morgan fingerprint density at radius 1 is 1.12 bits per heavy atom. The van der Waals surface area contributed by atoms with Crippen LogP contribution in [-0.2, 0) is 0 Å². The lowest BCUT2D eigenvalue weighted by molar-refractivity contribution is 0.352. The molecule has 1 aromatic carbocycles. The van der Waals surface area contributed by atoms with E-state index in [-0.39, 0.29) is 0 Å². The van der Waals surface area contributed by atoms with E-state index in [4.69, 9.17) is 0 Å². The summed E-state index contributed by atoms with van der Waals surface area (Å²) in [7, 11) is 0. The second-order valence-electron chi connectivity index (χ2n) is 5.00. The highest BCUT2D eigenvalue weighted by Crippen LogP contribution is 2.37. The summed E-state index contributed by atoms with van der Waals surface area (Å²) >= 11 is 0. The van der Waals surface area contributed by atoms with Crippen molar-refractivity contribution in [1.29, 1.82) is 0 Å². The summed E-state index contributed by atoms with van der Waals surface area (Å²) in [6.45, 7) is 2.16. The van der Waals surface area contributed by atoms with Crippen molar-refractivity contribution in [3.63, 3.8) is 0 Å². The van der Waals surface area contributed by atoms with Crippen LogP contribution in [0.15, 0.2) is 48.8 Å². The molecule has 0 saturated heterocycles. The Morgan fingerprint density at radius 2 is 1.88 bits per heavy atom. The molecule has 0 bridgehead atoms. The molecule has 0 atom stereocenters. The highest BCUT2D eigenvalue weighted by atomic mass is 15.4. The first-order valence-corrected chi connectivity index (χ1v) is 6.27. The maximum absolute atomic E-state index is 3.49. The average molecular weight is 226 g/mol. The lowest BCUT2D eigenvalue weighted by atomic mass is 9.76. The number of hydrogen-bond donors (Lipinski definition) is 1. The second kappa shape index (κ2) is 4.28. The molecule has 1 aromatic heterocycles. The maximum Gasteiger partial charge on any atom is 0.0436 e. The Labute approximate surface area is 102 Å². The van der Waals surface area contributed by atoms with Crippen molar-refractivity contribution < 1.29 is 0 Å². The Bertz CT molecular complexity index is 481. The van der Waals surface area contributed by atoms with E-state index >= 15 is 0 Å². The predicted octanol–water partition coefficient (Wildman–Crippen LogP) is 3.29. The second-order valence-corrected chi connectivity index (χ2v) is 5.00. The smallest absolute Gasteiger partial charge is 0.0436 e. The fourth-order valence-corrected chi connectivity index (χ4v) is 2.55. The zero-order valence-electron chi connectivity index (χ0n) is 10.1. The Kier molecular flexibility index (Phi) is 2.63. The first kappa shape index (κ1) is 10.5. The molecule has 1 N–H and O–H groups in total. The van der Waals surface area contributed by atoms with Gasteiger partial charge in [0.15, 0.2) is 0 Å².